The summed E-state index contributed by atoms with van der Waals surface area (Å²) in [5, 5.41) is 17.4. The van der Waals surface area contributed by atoms with E-state index in [9.17, 15) is 19.2 Å². The zero-order valence-corrected chi connectivity index (χ0v) is 22.9. The largest absolute Gasteiger partial charge is 0.463 e. The van der Waals surface area contributed by atoms with Gasteiger partial charge in [0.15, 0.2) is 0 Å². The molecule has 10 nitrogen and oxygen atoms in total. The number of aliphatic hydroxyl groups excluding tert-OH is 1. The lowest BCUT2D eigenvalue weighted by Crippen LogP contribution is -2.44. The number of hydrogen-bond donors (Lipinski definition) is 4. The summed E-state index contributed by atoms with van der Waals surface area (Å²) in [5.74, 6) is -1.75. The fraction of sp³-hybridized carbons (Fsp3) is 0.517. The summed E-state index contributed by atoms with van der Waals surface area (Å²) < 4.78 is 10.5. The highest BCUT2D eigenvalue weighted by Crippen LogP contribution is 2.12. The third-order valence-electron chi connectivity index (χ3n) is 5.74. The highest BCUT2D eigenvalue weighted by atomic mass is 16.5. The molecular formula is C29H43N3O7. The van der Waals surface area contributed by atoms with Crippen molar-refractivity contribution >= 4 is 23.9 Å². The quantitative estimate of drug-likeness (QED) is 0.112. The van der Waals surface area contributed by atoms with Gasteiger partial charge in [0.2, 0.25) is 11.8 Å². The molecule has 3 amide bonds. The van der Waals surface area contributed by atoms with Gasteiger partial charge in [0, 0.05) is 25.4 Å². The average Bonchev–Trinajstić information content (AvgIpc) is 2.93. The summed E-state index contributed by atoms with van der Waals surface area (Å²) >= 11 is 0. The molecule has 0 aliphatic carbocycles. The number of hydrogen-bond acceptors (Lipinski definition) is 7. The van der Waals surface area contributed by atoms with Crippen molar-refractivity contribution in [2.24, 2.45) is 5.92 Å². The molecule has 0 aliphatic heterocycles. The van der Waals surface area contributed by atoms with Crippen molar-refractivity contribution in [1.29, 1.82) is 0 Å². The maximum absolute atomic E-state index is 13.0. The Morgan fingerprint density at radius 1 is 1.03 bits per heavy atom. The van der Waals surface area contributed by atoms with Crippen molar-refractivity contribution < 1.29 is 33.8 Å². The minimum absolute atomic E-state index is 0.0111. The van der Waals surface area contributed by atoms with E-state index in [1.165, 1.54) is 0 Å². The van der Waals surface area contributed by atoms with Crippen molar-refractivity contribution in [1.82, 2.24) is 16.0 Å². The third-order valence-corrected chi connectivity index (χ3v) is 5.74. The number of carbonyl (C=O) groups is 4. The van der Waals surface area contributed by atoms with Gasteiger partial charge in [-0.2, -0.15) is 0 Å². The van der Waals surface area contributed by atoms with Crippen molar-refractivity contribution in [2.45, 2.75) is 70.6 Å². The molecule has 1 aromatic rings. The van der Waals surface area contributed by atoms with Gasteiger partial charge < -0.3 is 30.5 Å². The summed E-state index contributed by atoms with van der Waals surface area (Å²) in [6, 6.07) is 8.47. The van der Waals surface area contributed by atoms with E-state index >= 15 is 0 Å². The number of alkyl carbamates (subject to hydrolysis) is 1. The third kappa shape index (κ3) is 16.0. The van der Waals surface area contributed by atoms with E-state index in [0.29, 0.717) is 32.2 Å². The standard InChI is InChI=1S/C29H43N3O7/c1-4-6-16-27(35)38-21-25(32-28(36)24(12-5-2)18-26(34)31-22(3)19-33)15-10-11-17-30-29(37)39-20-23-13-8-7-9-14-23/h4-5,7-9,13-14,22,24-25,33H,1-2,6,10-12,15-21H2,3H3,(H,30,37)(H,31,34)(H,32,36)/t22-,24-,25-/m0/s1. The fourth-order valence-corrected chi connectivity index (χ4v) is 3.57. The molecule has 0 radical (unpaired) electrons. The number of carbonyl (C=O) groups excluding carboxylic acids is 4. The van der Waals surface area contributed by atoms with E-state index in [2.05, 4.69) is 29.1 Å². The summed E-state index contributed by atoms with van der Waals surface area (Å²) in [6.07, 6.45) is 5.34. The molecule has 0 spiro atoms. The van der Waals surface area contributed by atoms with Gasteiger partial charge in [-0.25, -0.2) is 4.79 Å². The molecule has 3 atom stereocenters. The molecule has 1 rings (SSSR count). The van der Waals surface area contributed by atoms with Gasteiger partial charge in [-0.1, -0.05) is 42.5 Å². The first-order chi connectivity index (χ1) is 18.8. The Balaban J connectivity index is 2.58. The molecule has 0 unspecified atom stereocenters. The Morgan fingerprint density at radius 2 is 1.77 bits per heavy atom. The number of amides is 3. The maximum atomic E-state index is 13.0. The van der Waals surface area contributed by atoms with Crippen LogP contribution in [-0.2, 0) is 30.5 Å². The second-order valence-electron chi connectivity index (χ2n) is 9.28. The van der Waals surface area contributed by atoms with Crippen LogP contribution in [-0.4, -0.2) is 60.8 Å². The molecule has 10 heteroatoms. The predicted molar refractivity (Wildman–Crippen MR) is 148 cm³/mol. The van der Waals surface area contributed by atoms with Crippen LogP contribution in [0.2, 0.25) is 0 Å². The van der Waals surface area contributed by atoms with E-state index < -0.39 is 30.1 Å². The molecule has 4 N–H and O–H groups in total. The van der Waals surface area contributed by atoms with Crippen LogP contribution in [0.5, 0.6) is 0 Å². The van der Waals surface area contributed by atoms with E-state index in [1.54, 1.807) is 19.1 Å². The van der Waals surface area contributed by atoms with Crippen LogP contribution >= 0.6 is 0 Å². The second-order valence-corrected chi connectivity index (χ2v) is 9.28. The normalized spacial score (nSPS) is 12.8. The summed E-state index contributed by atoms with van der Waals surface area (Å²) in [5.41, 5.74) is 0.893. The lowest BCUT2D eigenvalue weighted by atomic mass is 9.98. The van der Waals surface area contributed by atoms with Crippen molar-refractivity contribution in [3.05, 3.63) is 61.2 Å². The smallest absolute Gasteiger partial charge is 0.407 e. The van der Waals surface area contributed by atoms with Crippen LogP contribution in [0.25, 0.3) is 0 Å². The molecule has 0 fully saturated rings. The number of ether oxygens (including phenoxy) is 2. The highest BCUT2D eigenvalue weighted by Gasteiger charge is 2.24. The van der Waals surface area contributed by atoms with Gasteiger partial charge in [-0.3, -0.25) is 14.4 Å². The summed E-state index contributed by atoms with van der Waals surface area (Å²) in [6.45, 7) is 9.28. The average molecular weight is 546 g/mol. The number of allylic oxidation sites excluding steroid dienone is 2. The Labute approximate surface area is 231 Å². The van der Waals surface area contributed by atoms with Gasteiger partial charge in [0.25, 0.3) is 0 Å². The van der Waals surface area contributed by atoms with Crippen LogP contribution in [0, 0.1) is 5.92 Å². The molecule has 216 valence electrons. The van der Waals surface area contributed by atoms with Gasteiger partial charge in [0.05, 0.1) is 18.6 Å². The lowest BCUT2D eigenvalue weighted by molar-refractivity contribution is -0.145. The number of esters is 1. The Bertz CT molecular complexity index is 907. The molecule has 0 saturated carbocycles. The van der Waals surface area contributed by atoms with Crippen molar-refractivity contribution in [2.75, 3.05) is 19.8 Å². The number of unbranched alkanes of at least 4 members (excludes halogenated alkanes) is 1. The minimum Gasteiger partial charge on any atom is -0.463 e. The Hall–Kier alpha value is -3.66. The van der Waals surface area contributed by atoms with Gasteiger partial charge >= 0.3 is 12.1 Å². The number of nitrogens with one attached hydrogen (secondary N) is 3. The van der Waals surface area contributed by atoms with E-state index in [1.807, 2.05) is 30.3 Å². The molecule has 0 bridgehead atoms. The summed E-state index contributed by atoms with van der Waals surface area (Å²) in [7, 11) is 0. The topological polar surface area (TPSA) is 143 Å². The SMILES string of the molecule is C=CCCC(=O)OC[C@H](CCCCNC(=O)OCc1ccccc1)NC(=O)[C@@H](CC=C)CC(=O)N[C@@H](C)CO. The Kier molecular flexibility index (Phi) is 17.4. The first-order valence-electron chi connectivity index (χ1n) is 13.3. The molecule has 0 aliphatic rings. The number of aliphatic hydroxyl groups is 1. The van der Waals surface area contributed by atoms with Crippen LogP contribution < -0.4 is 16.0 Å². The predicted octanol–water partition coefficient (Wildman–Crippen LogP) is 3.16. The molecule has 0 aromatic heterocycles. The summed E-state index contributed by atoms with van der Waals surface area (Å²) in [4.78, 5) is 49.2. The maximum Gasteiger partial charge on any atom is 0.407 e. The van der Waals surface area contributed by atoms with E-state index in [0.717, 1.165) is 5.56 Å². The monoisotopic (exact) mass is 545 g/mol. The van der Waals surface area contributed by atoms with Crippen LogP contribution in [0.1, 0.15) is 57.4 Å². The second kappa shape index (κ2) is 20.3. The van der Waals surface area contributed by atoms with Gasteiger partial charge in [-0.05, 0) is 44.6 Å². The molecule has 39 heavy (non-hydrogen) atoms. The molecular weight excluding hydrogens is 502 g/mol. The zero-order chi connectivity index (χ0) is 28.9. The van der Waals surface area contributed by atoms with E-state index in [-0.39, 0.29) is 50.9 Å². The highest BCUT2D eigenvalue weighted by molar-refractivity contribution is 5.86. The first-order valence-corrected chi connectivity index (χ1v) is 13.3. The van der Waals surface area contributed by atoms with Crippen LogP contribution in [0.4, 0.5) is 4.79 Å². The lowest BCUT2D eigenvalue weighted by Gasteiger charge is -2.23. The zero-order valence-electron chi connectivity index (χ0n) is 22.9. The minimum atomic E-state index is -0.659. The van der Waals surface area contributed by atoms with E-state index in [4.69, 9.17) is 14.6 Å². The van der Waals surface area contributed by atoms with Gasteiger partial charge in [0.1, 0.15) is 13.2 Å². The number of benzene rings is 1. The fourth-order valence-electron chi connectivity index (χ4n) is 3.57. The van der Waals surface area contributed by atoms with Crippen LogP contribution in [0.15, 0.2) is 55.6 Å². The van der Waals surface area contributed by atoms with Crippen molar-refractivity contribution in [3.8, 4) is 0 Å². The molecule has 0 saturated heterocycles. The first kappa shape index (κ1) is 33.4. The molecule has 1 aromatic carbocycles. The molecule has 0 heterocycles. The number of rotatable bonds is 20. The van der Waals surface area contributed by atoms with Crippen LogP contribution in [0.3, 0.4) is 0 Å². The van der Waals surface area contributed by atoms with Crippen molar-refractivity contribution in [3.63, 3.8) is 0 Å². The Morgan fingerprint density at radius 3 is 2.44 bits per heavy atom. The van der Waals surface area contributed by atoms with Gasteiger partial charge in [-0.15, -0.1) is 13.2 Å².